The Morgan fingerprint density at radius 1 is 1.19 bits per heavy atom. The van der Waals surface area contributed by atoms with Crippen LogP contribution < -0.4 is 10.1 Å². The Morgan fingerprint density at radius 3 is 2.57 bits per heavy atom. The lowest BCUT2D eigenvalue weighted by Crippen LogP contribution is -2.56. The van der Waals surface area contributed by atoms with Gasteiger partial charge in [-0.2, -0.15) is 0 Å². The average Bonchev–Trinajstić information content (AvgIpc) is 3.22. The topological polar surface area (TPSA) is 87.0 Å². The number of para-hydroxylation sites is 1. The number of amides is 3. The zero-order chi connectivity index (χ0) is 26.3. The van der Waals surface area contributed by atoms with Gasteiger partial charge < -0.3 is 29.5 Å². The fourth-order valence-electron chi connectivity index (χ4n) is 6.14. The number of halogens is 1. The van der Waals surface area contributed by atoms with Crippen LogP contribution in [0.2, 0.25) is 0 Å². The second kappa shape index (κ2) is 9.70. The largest absolute Gasteiger partial charge is 0.497 e. The van der Waals surface area contributed by atoms with E-state index in [-0.39, 0.29) is 18.2 Å². The van der Waals surface area contributed by atoms with Crippen molar-refractivity contribution < 1.29 is 23.8 Å². The summed E-state index contributed by atoms with van der Waals surface area (Å²) in [6.45, 7) is 3.11. The van der Waals surface area contributed by atoms with Crippen molar-refractivity contribution in [1.82, 2.24) is 14.4 Å². The molecule has 5 rings (SSSR count). The number of methoxy groups -OCH3 is 1. The Balaban J connectivity index is 1.62. The van der Waals surface area contributed by atoms with Crippen molar-refractivity contribution in [3.63, 3.8) is 0 Å². The molecule has 2 aromatic carbocycles. The minimum absolute atomic E-state index is 0.0918. The zero-order valence-corrected chi connectivity index (χ0v) is 21.5. The molecule has 2 N–H and O–H groups in total. The van der Waals surface area contributed by atoms with Crippen LogP contribution in [0.4, 0.5) is 14.9 Å². The number of urea groups is 1. The van der Waals surface area contributed by atoms with E-state index in [0.29, 0.717) is 38.9 Å². The van der Waals surface area contributed by atoms with Crippen LogP contribution in [-0.4, -0.2) is 64.8 Å². The number of hydrogen-bond donors (Lipinski definition) is 2. The van der Waals surface area contributed by atoms with Gasteiger partial charge in [0, 0.05) is 55.7 Å². The van der Waals surface area contributed by atoms with Crippen molar-refractivity contribution in [3.05, 3.63) is 59.5 Å². The van der Waals surface area contributed by atoms with Crippen molar-refractivity contribution in [2.45, 2.75) is 37.6 Å². The number of aliphatic hydroxyl groups excluding tert-OH is 1. The standard InChI is InChI=1S/C28H33FN4O4/c1-4-24(35)32-13-11-28(12-14-32)17-33(27(36)30-21-8-6-5-7-20(21)29)23(16-34)26-25(28)19-10-9-18(37-3)15-22(19)31(26)2/h5-10,15,23,34H,4,11-14,16-17H2,1-3H3,(H,30,36)/t23-/m0/s1. The molecule has 0 bridgehead atoms. The summed E-state index contributed by atoms with van der Waals surface area (Å²) in [7, 11) is 3.56. The molecule has 37 heavy (non-hydrogen) atoms. The van der Waals surface area contributed by atoms with Gasteiger partial charge in [-0.3, -0.25) is 4.79 Å². The van der Waals surface area contributed by atoms with Gasteiger partial charge in [0.15, 0.2) is 0 Å². The molecule has 1 atom stereocenters. The van der Waals surface area contributed by atoms with Crippen LogP contribution >= 0.6 is 0 Å². The van der Waals surface area contributed by atoms with Gasteiger partial charge in [0.05, 0.1) is 31.0 Å². The minimum atomic E-state index is -0.619. The second-order valence-electron chi connectivity index (χ2n) is 9.95. The molecule has 0 radical (unpaired) electrons. The molecule has 196 valence electrons. The number of carbonyl (C=O) groups excluding carboxylic acids is 2. The lowest BCUT2D eigenvalue weighted by Gasteiger charge is -2.50. The van der Waals surface area contributed by atoms with E-state index < -0.39 is 23.3 Å². The first-order valence-electron chi connectivity index (χ1n) is 12.7. The number of nitrogens with zero attached hydrogens (tertiary/aromatic N) is 3. The van der Waals surface area contributed by atoms with E-state index in [4.69, 9.17) is 4.74 Å². The molecule has 0 unspecified atom stereocenters. The third-order valence-corrected chi connectivity index (χ3v) is 8.07. The van der Waals surface area contributed by atoms with Crippen molar-refractivity contribution in [2.24, 2.45) is 7.05 Å². The van der Waals surface area contributed by atoms with Gasteiger partial charge in [0.1, 0.15) is 11.6 Å². The van der Waals surface area contributed by atoms with E-state index in [2.05, 4.69) is 5.32 Å². The number of nitrogens with one attached hydrogen (secondary N) is 1. The highest BCUT2D eigenvalue weighted by molar-refractivity contribution is 5.92. The third-order valence-electron chi connectivity index (χ3n) is 8.07. The van der Waals surface area contributed by atoms with Gasteiger partial charge in [-0.25, -0.2) is 9.18 Å². The Bertz CT molecular complexity index is 1350. The van der Waals surface area contributed by atoms with Gasteiger partial charge in [-0.1, -0.05) is 19.1 Å². The molecule has 2 aliphatic rings. The van der Waals surface area contributed by atoms with Crippen molar-refractivity contribution in [3.8, 4) is 5.75 Å². The number of hydrogen-bond acceptors (Lipinski definition) is 4. The van der Waals surface area contributed by atoms with E-state index in [1.54, 1.807) is 24.1 Å². The number of fused-ring (bicyclic) bond motifs is 4. The summed E-state index contributed by atoms with van der Waals surface area (Å²) in [5.74, 6) is 0.320. The number of piperidine rings is 1. The summed E-state index contributed by atoms with van der Waals surface area (Å²) < 4.78 is 21.9. The quantitative estimate of drug-likeness (QED) is 0.554. The highest BCUT2D eigenvalue weighted by atomic mass is 19.1. The maximum atomic E-state index is 14.4. The summed E-state index contributed by atoms with van der Waals surface area (Å²) >= 11 is 0. The first kappa shape index (κ1) is 25.1. The van der Waals surface area contributed by atoms with Gasteiger partial charge in [0.25, 0.3) is 0 Å². The Morgan fingerprint density at radius 2 is 1.92 bits per heavy atom. The normalized spacial score (nSPS) is 18.7. The molecule has 1 aromatic heterocycles. The molecule has 0 aliphatic carbocycles. The number of likely N-dealkylation sites (tertiary alicyclic amines) is 1. The predicted molar refractivity (Wildman–Crippen MR) is 139 cm³/mol. The number of aromatic nitrogens is 1. The molecular formula is C28H33FN4O4. The lowest BCUT2D eigenvalue weighted by molar-refractivity contribution is -0.132. The monoisotopic (exact) mass is 508 g/mol. The van der Waals surface area contributed by atoms with E-state index in [1.165, 1.54) is 12.1 Å². The van der Waals surface area contributed by atoms with E-state index in [1.807, 2.05) is 41.6 Å². The summed E-state index contributed by atoms with van der Waals surface area (Å²) in [4.78, 5) is 29.6. The number of anilines is 1. The third kappa shape index (κ3) is 4.11. The predicted octanol–water partition coefficient (Wildman–Crippen LogP) is 4.18. The summed E-state index contributed by atoms with van der Waals surface area (Å²) in [6.07, 6.45) is 1.81. The molecule has 3 aromatic rings. The molecular weight excluding hydrogens is 475 g/mol. The Labute approximate surface area is 215 Å². The van der Waals surface area contributed by atoms with Gasteiger partial charge in [-0.05, 0) is 42.7 Å². The number of benzene rings is 2. The average molecular weight is 509 g/mol. The fourth-order valence-corrected chi connectivity index (χ4v) is 6.14. The van der Waals surface area contributed by atoms with Crippen molar-refractivity contribution >= 4 is 28.5 Å². The number of rotatable bonds is 4. The Hall–Kier alpha value is -3.59. The number of ether oxygens (including phenoxy) is 1. The van der Waals surface area contributed by atoms with Gasteiger partial charge >= 0.3 is 6.03 Å². The van der Waals surface area contributed by atoms with Crippen LogP contribution in [-0.2, 0) is 17.3 Å². The minimum Gasteiger partial charge on any atom is -0.497 e. The molecule has 1 fully saturated rings. The van der Waals surface area contributed by atoms with Crippen LogP contribution in [0.25, 0.3) is 10.9 Å². The van der Waals surface area contributed by atoms with Gasteiger partial charge in [-0.15, -0.1) is 0 Å². The van der Waals surface area contributed by atoms with Crippen LogP contribution in [0, 0.1) is 5.82 Å². The number of aryl methyl sites for hydroxylation is 1. The maximum Gasteiger partial charge on any atom is 0.322 e. The molecule has 3 amide bonds. The highest BCUT2D eigenvalue weighted by Gasteiger charge is 2.49. The molecule has 1 saturated heterocycles. The first-order valence-corrected chi connectivity index (χ1v) is 12.7. The van der Waals surface area contributed by atoms with E-state index in [0.717, 1.165) is 27.9 Å². The van der Waals surface area contributed by atoms with Gasteiger partial charge in [0.2, 0.25) is 5.91 Å². The van der Waals surface area contributed by atoms with Crippen molar-refractivity contribution in [1.29, 1.82) is 0 Å². The smallest absolute Gasteiger partial charge is 0.322 e. The zero-order valence-electron chi connectivity index (χ0n) is 21.5. The lowest BCUT2D eigenvalue weighted by atomic mass is 9.68. The maximum absolute atomic E-state index is 14.4. The number of aliphatic hydroxyl groups is 1. The Kier molecular flexibility index (Phi) is 6.58. The van der Waals surface area contributed by atoms with Crippen LogP contribution in [0.1, 0.15) is 43.5 Å². The molecule has 1 spiro atoms. The van der Waals surface area contributed by atoms with Crippen LogP contribution in [0.3, 0.4) is 0 Å². The molecule has 8 nitrogen and oxygen atoms in total. The first-order chi connectivity index (χ1) is 17.8. The summed E-state index contributed by atoms with van der Waals surface area (Å²) in [5, 5.41) is 14.3. The second-order valence-corrected chi connectivity index (χ2v) is 9.95. The highest BCUT2D eigenvalue weighted by Crippen LogP contribution is 2.50. The van der Waals surface area contributed by atoms with Crippen LogP contribution in [0.5, 0.6) is 5.75 Å². The van der Waals surface area contributed by atoms with Crippen LogP contribution in [0.15, 0.2) is 42.5 Å². The SMILES string of the molecule is CCC(=O)N1CCC2(CC1)CN(C(=O)Nc1ccccc1F)[C@@H](CO)c1c2c2ccc(OC)cc2n1C. The molecule has 3 heterocycles. The van der Waals surface area contributed by atoms with E-state index >= 15 is 0 Å². The summed E-state index contributed by atoms with van der Waals surface area (Å²) in [5.41, 5.74) is 2.59. The number of carbonyl (C=O) groups is 2. The molecule has 9 heteroatoms. The summed E-state index contributed by atoms with van der Waals surface area (Å²) in [6, 6.07) is 10.9. The van der Waals surface area contributed by atoms with E-state index in [9.17, 15) is 19.1 Å². The molecule has 2 aliphatic heterocycles. The van der Waals surface area contributed by atoms with Crippen molar-refractivity contribution in [2.75, 3.05) is 38.7 Å². The molecule has 0 saturated carbocycles. The fraction of sp³-hybridized carbons (Fsp3) is 0.429.